The molecule has 8 heteroatoms. The molecule has 28 heavy (non-hydrogen) atoms. The van der Waals surface area contributed by atoms with E-state index in [9.17, 15) is 4.79 Å². The number of rotatable bonds is 8. The van der Waals surface area contributed by atoms with E-state index in [0.29, 0.717) is 11.7 Å². The minimum absolute atomic E-state index is 0.0213. The molecule has 0 aliphatic carbocycles. The highest BCUT2D eigenvalue weighted by Crippen LogP contribution is 2.25. The molecule has 1 amide bonds. The molecule has 3 rings (SSSR count). The number of methoxy groups -OCH3 is 1. The molecule has 1 aromatic carbocycles. The second kappa shape index (κ2) is 9.36. The first-order chi connectivity index (χ1) is 13.6. The van der Waals surface area contributed by atoms with Crippen molar-refractivity contribution in [3.05, 3.63) is 54.4 Å². The van der Waals surface area contributed by atoms with Gasteiger partial charge in [-0.3, -0.25) is 9.78 Å². The number of hydrogen-bond donors (Lipinski definition) is 1. The molecule has 0 fully saturated rings. The summed E-state index contributed by atoms with van der Waals surface area (Å²) in [6.07, 6.45) is 4.20. The van der Waals surface area contributed by atoms with Crippen molar-refractivity contribution in [2.75, 3.05) is 13.7 Å². The van der Waals surface area contributed by atoms with Crippen LogP contribution in [0.25, 0.3) is 11.4 Å². The van der Waals surface area contributed by atoms with E-state index in [1.54, 1.807) is 19.5 Å². The zero-order chi connectivity index (χ0) is 19.9. The number of amides is 1. The second-order valence-corrected chi connectivity index (χ2v) is 7.56. The van der Waals surface area contributed by atoms with Crippen LogP contribution in [-0.4, -0.2) is 44.6 Å². The Kier molecular flexibility index (Phi) is 6.65. The molecule has 0 radical (unpaired) electrons. The van der Waals surface area contributed by atoms with Gasteiger partial charge in [0, 0.05) is 31.5 Å². The highest BCUT2D eigenvalue weighted by atomic mass is 32.2. The van der Waals surface area contributed by atoms with Crippen molar-refractivity contribution >= 4 is 17.7 Å². The van der Waals surface area contributed by atoms with Gasteiger partial charge in [0.1, 0.15) is 5.75 Å². The van der Waals surface area contributed by atoms with Crippen LogP contribution < -0.4 is 10.1 Å². The van der Waals surface area contributed by atoms with Crippen LogP contribution in [0.15, 0.2) is 53.9 Å². The van der Waals surface area contributed by atoms with Crippen molar-refractivity contribution < 1.29 is 9.53 Å². The Balaban J connectivity index is 1.52. The minimum atomic E-state index is -0.274. The first-order valence-corrected chi connectivity index (χ1v) is 9.83. The number of aromatic nitrogens is 4. The summed E-state index contributed by atoms with van der Waals surface area (Å²) in [5.74, 6) is 1.55. The normalized spacial score (nSPS) is 11.8. The third kappa shape index (κ3) is 4.89. The van der Waals surface area contributed by atoms with Gasteiger partial charge in [0.25, 0.3) is 0 Å². The van der Waals surface area contributed by atoms with E-state index in [4.69, 9.17) is 4.74 Å². The van der Waals surface area contributed by atoms with Crippen molar-refractivity contribution in [1.82, 2.24) is 25.1 Å². The Labute approximate surface area is 168 Å². The maximum absolute atomic E-state index is 12.4. The summed E-state index contributed by atoms with van der Waals surface area (Å²) in [4.78, 5) is 16.4. The predicted octanol–water partition coefficient (Wildman–Crippen LogP) is 2.73. The summed E-state index contributed by atoms with van der Waals surface area (Å²) in [5, 5.41) is 11.9. The molecule has 0 spiro atoms. The monoisotopic (exact) mass is 397 g/mol. The Bertz CT molecular complexity index is 912. The molecule has 1 N–H and O–H groups in total. The standard InChI is InChI=1S/C20H23N5O2S/c1-14(19(26)22-13-8-15-4-6-17(27-3)7-5-15)28-20-24-23-18(25(20)2)16-9-11-21-12-10-16/h4-7,9-12,14H,8,13H2,1-3H3,(H,22,26)/t14-/m1/s1. The number of benzene rings is 1. The van der Waals surface area contributed by atoms with Gasteiger partial charge in [-0.2, -0.15) is 0 Å². The largest absolute Gasteiger partial charge is 0.497 e. The lowest BCUT2D eigenvalue weighted by atomic mass is 10.1. The number of pyridine rings is 1. The molecule has 146 valence electrons. The molecule has 0 unspecified atom stereocenters. The molecule has 0 saturated heterocycles. The van der Waals surface area contributed by atoms with Gasteiger partial charge in [-0.1, -0.05) is 23.9 Å². The van der Waals surface area contributed by atoms with E-state index in [1.165, 1.54) is 11.8 Å². The smallest absolute Gasteiger partial charge is 0.233 e. The number of carbonyl (C=O) groups is 1. The lowest BCUT2D eigenvalue weighted by Crippen LogP contribution is -2.32. The molecule has 7 nitrogen and oxygen atoms in total. The molecule has 0 bridgehead atoms. The van der Waals surface area contributed by atoms with Gasteiger partial charge < -0.3 is 14.6 Å². The van der Waals surface area contributed by atoms with Crippen LogP contribution >= 0.6 is 11.8 Å². The fourth-order valence-corrected chi connectivity index (χ4v) is 3.49. The number of hydrogen-bond acceptors (Lipinski definition) is 6. The summed E-state index contributed by atoms with van der Waals surface area (Å²) in [6.45, 7) is 2.45. The Morgan fingerprint density at radius 3 is 2.57 bits per heavy atom. The molecular weight excluding hydrogens is 374 g/mol. The SMILES string of the molecule is COc1ccc(CCNC(=O)[C@@H](C)Sc2nnc(-c3ccncc3)n2C)cc1. The van der Waals surface area contributed by atoms with Crippen molar-refractivity contribution in [3.8, 4) is 17.1 Å². The maximum Gasteiger partial charge on any atom is 0.233 e. The fourth-order valence-electron chi connectivity index (χ4n) is 2.65. The van der Waals surface area contributed by atoms with Gasteiger partial charge in [-0.25, -0.2) is 0 Å². The van der Waals surface area contributed by atoms with Gasteiger partial charge in [0.15, 0.2) is 11.0 Å². The number of thioether (sulfide) groups is 1. The molecule has 0 aliphatic heterocycles. The fraction of sp³-hybridized carbons (Fsp3) is 0.300. The van der Waals surface area contributed by atoms with Crippen LogP contribution in [0, 0.1) is 0 Å². The third-order valence-corrected chi connectivity index (χ3v) is 5.43. The van der Waals surface area contributed by atoms with Gasteiger partial charge in [-0.05, 0) is 43.2 Å². The summed E-state index contributed by atoms with van der Waals surface area (Å²) in [7, 11) is 3.54. The van der Waals surface area contributed by atoms with E-state index in [1.807, 2.05) is 54.9 Å². The van der Waals surface area contributed by atoms with Crippen LogP contribution in [0.4, 0.5) is 0 Å². The molecular formula is C20H23N5O2S. The van der Waals surface area contributed by atoms with Crippen LogP contribution in [0.3, 0.4) is 0 Å². The zero-order valence-corrected chi connectivity index (χ0v) is 16.9. The number of nitrogens with one attached hydrogen (secondary N) is 1. The molecule has 2 aromatic heterocycles. The Morgan fingerprint density at radius 2 is 1.89 bits per heavy atom. The first kappa shape index (κ1) is 19.9. The third-order valence-electron chi connectivity index (χ3n) is 4.30. The predicted molar refractivity (Wildman–Crippen MR) is 109 cm³/mol. The van der Waals surface area contributed by atoms with Crippen molar-refractivity contribution in [2.24, 2.45) is 7.05 Å². The van der Waals surface area contributed by atoms with Crippen molar-refractivity contribution in [2.45, 2.75) is 23.8 Å². The summed E-state index contributed by atoms with van der Waals surface area (Å²) < 4.78 is 7.04. The maximum atomic E-state index is 12.4. The molecule has 2 heterocycles. The average Bonchev–Trinajstić information content (AvgIpc) is 3.09. The Hall–Kier alpha value is -2.87. The van der Waals surface area contributed by atoms with Crippen LogP contribution in [-0.2, 0) is 18.3 Å². The minimum Gasteiger partial charge on any atom is -0.497 e. The Morgan fingerprint density at radius 1 is 1.18 bits per heavy atom. The lowest BCUT2D eigenvalue weighted by Gasteiger charge is -2.12. The topological polar surface area (TPSA) is 81.9 Å². The van der Waals surface area contributed by atoms with E-state index >= 15 is 0 Å². The van der Waals surface area contributed by atoms with Gasteiger partial charge in [0.05, 0.1) is 12.4 Å². The molecule has 0 saturated carbocycles. The molecule has 1 atom stereocenters. The quantitative estimate of drug-likeness (QED) is 0.589. The average molecular weight is 398 g/mol. The van der Waals surface area contributed by atoms with Gasteiger partial charge >= 0.3 is 0 Å². The van der Waals surface area contributed by atoms with Crippen LogP contribution in [0.5, 0.6) is 5.75 Å². The number of nitrogens with zero attached hydrogens (tertiary/aromatic N) is 4. The van der Waals surface area contributed by atoms with E-state index in [2.05, 4.69) is 20.5 Å². The first-order valence-electron chi connectivity index (χ1n) is 8.95. The van der Waals surface area contributed by atoms with Crippen molar-refractivity contribution in [1.29, 1.82) is 0 Å². The summed E-state index contributed by atoms with van der Waals surface area (Å²) in [6, 6.07) is 11.6. The summed E-state index contributed by atoms with van der Waals surface area (Å²) >= 11 is 1.39. The number of ether oxygens (including phenoxy) is 1. The second-order valence-electron chi connectivity index (χ2n) is 6.25. The molecule has 0 aliphatic rings. The van der Waals surface area contributed by atoms with Gasteiger partial charge in [-0.15, -0.1) is 10.2 Å². The molecule has 3 aromatic rings. The van der Waals surface area contributed by atoms with E-state index in [-0.39, 0.29) is 11.2 Å². The van der Waals surface area contributed by atoms with Crippen molar-refractivity contribution in [3.63, 3.8) is 0 Å². The zero-order valence-electron chi connectivity index (χ0n) is 16.1. The van der Waals surface area contributed by atoms with E-state index in [0.717, 1.165) is 29.1 Å². The highest BCUT2D eigenvalue weighted by molar-refractivity contribution is 8.00. The van der Waals surface area contributed by atoms with Gasteiger partial charge in [0.2, 0.25) is 5.91 Å². The van der Waals surface area contributed by atoms with Crippen LogP contribution in [0.2, 0.25) is 0 Å². The lowest BCUT2D eigenvalue weighted by molar-refractivity contribution is -0.120. The van der Waals surface area contributed by atoms with E-state index < -0.39 is 0 Å². The number of carbonyl (C=O) groups excluding carboxylic acids is 1. The highest BCUT2D eigenvalue weighted by Gasteiger charge is 2.19. The summed E-state index contributed by atoms with van der Waals surface area (Å²) in [5.41, 5.74) is 2.09. The van der Waals surface area contributed by atoms with Crippen LogP contribution in [0.1, 0.15) is 12.5 Å².